The molecule has 2 N–H and O–H groups in total. The predicted molar refractivity (Wildman–Crippen MR) is 139 cm³/mol. The highest BCUT2D eigenvalue weighted by molar-refractivity contribution is 7.98. The van der Waals surface area contributed by atoms with E-state index in [0.29, 0.717) is 22.6 Å². The molecule has 10 nitrogen and oxygen atoms in total. The van der Waals surface area contributed by atoms with Gasteiger partial charge in [0.1, 0.15) is 0 Å². The van der Waals surface area contributed by atoms with Crippen molar-refractivity contribution in [2.24, 2.45) is 0 Å². The SMILES string of the molecule is CSCC[C@@H](NS(=O)(=O)c1ccc2c(c1)Cc1cc(S(=O)(=O)N[C@H](CCSC)C(=O)[O-])ccc1-2)C(=O)[O-]. The van der Waals surface area contributed by atoms with Gasteiger partial charge in [-0.05, 0) is 89.8 Å². The zero-order valence-corrected chi connectivity index (χ0v) is 23.3. The molecule has 14 heteroatoms. The van der Waals surface area contributed by atoms with E-state index >= 15 is 0 Å². The van der Waals surface area contributed by atoms with Crippen LogP contribution in [0.25, 0.3) is 11.1 Å². The van der Waals surface area contributed by atoms with Crippen LogP contribution in [-0.2, 0) is 36.1 Å². The molecule has 0 heterocycles. The molecule has 0 saturated carbocycles. The fourth-order valence-electron chi connectivity index (χ4n) is 3.93. The van der Waals surface area contributed by atoms with Gasteiger partial charge in [-0.3, -0.25) is 0 Å². The molecule has 0 saturated heterocycles. The minimum absolute atomic E-state index is 0.0699. The summed E-state index contributed by atoms with van der Waals surface area (Å²) in [5.74, 6) is -2.16. The summed E-state index contributed by atoms with van der Waals surface area (Å²) < 4.78 is 55.8. The van der Waals surface area contributed by atoms with Gasteiger partial charge in [0, 0.05) is 0 Å². The Morgan fingerprint density at radius 2 is 1.16 bits per heavy atom. The van der Waals surface area contributed by atoms with Crippen molar-refractivity contribution in [3.8, 4) is 11.1 Å². The minimum Gasteiger partial charge on any atom is -0.548 e. The van der Waals surface area contributed by atoms with Gasteiger partial charge in [-0.1, -0.05) is 12.1 Å². The Morgan fingerprint density at radius 1 is 0.784 bits per heavy atom. The highest BCUT2D eigenvalue weighted by Crippen LogP contribution is 2.38. The highest BCUT2D eigenvalue weighted by Gasteiger charge is 2.27. The topological polar surface area (TPSA) is 173 Å². The highest BCUT2D eigenvalue weighted by atomic mass is 32.2. The third-order valence-corrected chi connectivity index (χ3v) is 10.1. The number of rotatable bonds is 14. The first kappa shape index (κ1) is 29.5. The molecule has 202 valence electrons. The number of sulfonamides is 2. The lowest BCUT2D eigenvalue weighted by Gasteiger charge is -2.19. The van der Waals surface area contributed by atoms with E-state index in [4.69, 9.17) is 0 Å². The zero-order chi connectivity index (χ0) is 27.4. The minimum atomic E-state index is -4.15. The first-order valence-electron chi connectivity index (χ1n) is 11.1. The van der Waals surface area contributed by atoms with Crippen molar-refractivity contribution in [3.63, 3.8) is 0 Å². The van der Waals surface area contributed by atoms with Gasteiger partial charge in [0.05, 0.1) is 33.8 Å². The second kappa shape index (κ2) is 12.2. The Bertz CT molecular complexity index is 1290. The van der Waals surface area contributed by atoms with Crippen LogP contribution >= 0.6 is 23.5 Å². The average Bonchev–Trinajstić information content (AvgIpc) is 3.21. The summed E-state index contributed by atoms with van der Waals surface area (Å²) in [7, 11) is -8.31. The molecule has 0 spiro atoms. The number of carbonyl (C=O) groups is 2. The van der Waals surface area contributed by atoms with Gasteiger partial charge in [-0.2, -0.15) is 23.5 Å². The van der Waals surface area contributed by atoms with Crippen LogP contribution in [0.2, 0.25) is 0 Å². The van der Waals surface area contributed by atoms with E-state index in [1.165, 1.54) is 47.8 Å². The number of carbonyl (C=O) groups excluding carboxylic acids is 2. The largest absolute Gasteiger partial charge is 0.548 e. The second-order valence-corrected chi connectivity index (χ2v) is 13.8. The second-order valence-electron chi connectivity index (χ2n) is 8.36. The van der Waals surface area contributed by atoms with Crippen molar-refractivity contribution in [1.82, 2.24) is 9.44 Å². The Balaban J connectivity index is 1.84. The van der Waals surface area contributed by atoms with Crippen molar-refractivity contribution < 1.29 is 36.6 Å². The van der Waals surface area contributed by atoms with E-state index in [1.807, 2.05) is 0 Å². The van der Waals surface area contributed by atoms with Crippen LogP contribution in [0.1, 0.15) is 24.0 Å². The van der Waals surface area contributed by atoms with Gasteiger partial charge in [0.15, 0.2) is 0 Å². The standard InChI is InChI=1S/C23H28N2O8S4/c1-34-9-7-20(22(26)27)24-36(30,31)16-3-5-18-14(12-16)11-15-13-17(4-6-19(15)18)37(32,33)25-21(23(28)29)8-10-35-2/h3-6,12-13,20-21,24-25H,7-11H2,1-2H3,(H,26,27)(H,28,29)/p-2/t20-,21-/m1/s1. The monoisotopic (exact) mass is 586 g/mol. The van der Waals surface area contributed by atoms with Crippen molar-refractivity contribution in [1.29, 1.82) is 0 Å². The molecular formula is C23H26N2O8S4-2. The molecule has 2 atom stereocenters. The average molecular weight is 587 g/mol. The van der Waals surface area contributed by atoms with E-state index < -0.39 is 44.1 Å². The number of thioether (sulfide) groups is 2. The van der Waals surface area contributed by atoms with Crippen molar-refractivity contribution in [2.75, 3.05) is 24.0 Å². The number of carboxylic acids is 2. The molecule has 1 aliphatic rings. The molecule has 0 fully saturated rings. The maximum absolute atomic E-state index is 12.9. The molecule has 37 heavy (non-hydrogen) atoms. The molecular weight excluding hydrogens is 561 g/mol. The summed E-state index contributed by atoms with van der Waals surface area (Å²) in [6, 6.07) is 6.02. The Morgan fingerprint density at radius 3 is 1.49 bits per heavy atom. The molecule has 0 amide bonds. The van der Waals surface area contributed by atoms with E-state index in [1.54, 1.807) is 24.6 Å². The number of nitrogens with one attached hydrogen (secondary N) is 2. The first-order chi connectivity index (χ1) is 17.4. The van der Waals surface area contributed by atoms with Gasteiger partial charge in [-0.15, -0.1) is 0 Å². The first-order valence-corrected chi connectivity index (χ1v) is 16.9. The summed E-state index contributed by atoms with van der Waals surface area (Å²) in [5.41, 5.74) is 2.69. The lowest BCUT2D eigenvalue weighted by Crippen LogP contribution is -2.48. The maximum atomic E-state index is 12.9. The molecule has 0 radical (unpaired) electrons. The molecule has 2 aromatic carbocycles. The Labute approximate surface area is 224 Å². The number of hydrogen-bond donors (Lipinski definition) is 2. The van der Waals surface area contributed by atoms with Crippen molar-refractivity contribution in [2.45, 2.75) is 41.1 Å². The number of fused-ring (bicyclic) bond motifs is 3. The molecule has 2 aromatic rings. The van der Waals surface area contributed by atoms with Gasteiger partial charge < -0.3 is 19.8 Å². The van der Waals surface area contributed by atoms with Crippen LogP contribution < -0.4 is 19.7 Å². The van der Waals surface area contributed by atoms with Crippen LogP contribution in [0.15, 0.2) is 46.2 Å². The van der Waals surface area contributed by atoms with Crippen molar-refractivity contribution in [3.05, 3.63) is 47.5 Å². The van der Waals surface area contributed by atoms with Crippen LogP contribution in [0.4, 0.5) is 0 Å². The fraction of sp³-hybridized carbons (Fsp3) is 0.391. The molecule has 0 unspecified atom stereocenters. The Hall–Kier alpha value is -2.10. The quantitative estimate of drug-likeness (QED) is 0.252. The van der Waals surface area contributed by atoms with Crippen molar-refractivity contribution >= 4 is 55.5 Å². The summed E-state index contributed by atoms with van der Waals surface area (Å²) in [6.45, 7) is 0. The summed E-state index contributed by atoms with van der Waals surface area (Å²) >= 11 is 2.77. The zero-order valence-electron chi connectivity index (χ0n) is 20.1. The van der Waals surface area contributed by atoms with E-state index in [0.717, 1.165) is 11.1 Å². The number of hydrogen-bond acceptors (Lipinski definition) is 10. The summed E-state index contributed by atoms with van der Waals surface area (Å²) in [5, 5.41) is 22.8. The summed E-state index contributed by atoms with van der Waals surface area (Å²) in [4.78, 5) is 22.5. The summed E-state index contributed by atoms with van der Waals surface area (Å²) in [6.07, 6.45) is 3.93. The molecule has 3 rings (SSSR count). The molecule has 0 bridgehead atoms. The van der Waals surface area contributed by atoms with Crippen LogP contribution in [-0.4, -0.2) is 64.9 Å². The molecule has 0 aromatic heterocycles. The number of carboxylic acid groups (broad SMARTS) is 2. The van der Waals surface area contributed by atoms with Crippen LogP contribution in [0.3, 0.4) is 0 Å². The maximum Gasteiger partial charge on any atom is 0.241 e. The molecule has 1 aliphatic carbocycles. The molecule has 0 aliphatic heterocycles. The lowest BCUT2D eigenvalue weighted by molar-refractivity contribution is -0.309. The van der Waals surface area contributed by atoms with E-state index in [9.17, 15) is 36.6 Å². The van der Waals surface area contributed by atoms with Gasteiger partial charge in [0.2, 0.25) is 20.0 Å². The lowest BCUT2D eigenvalue weighted by atomic mass is 10.1. The normalized spacial score (nSPS) is 14.5. The number of aliphatic carboxylic acids is 2. The smallest absolute Gasteiger partial charge is 0.241 e. The van der Waals surface area contributed by atoms with Gasteiger partial charge >= 0.3 is 0 Å². The van der Waals surface area contributed by atoms with Gasteiger partial charge in [0.25, 0.3) is 0 Å². The van der Waals surface area contributed by atoms with E-state index in [-0.39, 0.29) is 29.1 Å². The van der Waals surface area contributed by atoms with Crippen LogP contribution in [0.5, 0.6) is 0 Å². The fourth-order valence-corrected chi connectivity index (χ4v) is 7.41. The Kier molecular flexibility index (Phi) is 9.69. The van der Waals surface area contributed by atoms with Gasteiger partial charge in [-0.25, -0.2) is 26.3 Å². The predicted octanol–water partition coefficient (Wildman–Crippen LogP) is -0.442. The third-order valence-electron chi connectivity index (χ3n) is 5.83. The van der Waals surface area contributed by atoms with E-state index in [2.05, 4.69) is 9.44 Å². The number of benzene rings is 2. The third kappa shape index (κ3) is 7.06. The van der Waals surface area contributed by atoms with Crippen LogP contribution in [0, 0.1) is 0 Å².